The monoisotopic (exact) mass is 627 g/mol. The van der Waals surface area contributed by atoms with Crippen LogP contribution in [-0.4, -0.2) is 105 Å². The van der Waals surface area contributed by atoms with Gasteiger partial charge in [0.1, 0.15) is 5.75 Å². The molecule has 2 atom stereocenters. The lowest BCUT2D eigenvalue weighted by Crippen LogP contribution is -2.49. The van der Waals surface area contributed by atoms with Crippen molar-refractivity contribution in [2.75, 3.05) is 59.6 Å². The van der Waals surface area contributed by atoms with Crippen molar-refractivity contribution < 1.29 is 32.5 Å². The van der Waals surface area contributed by atoms with Gasteiger partial charge in [0, 0.05) is 44.6 Å². The third-order valence-electron chi connectivity index (χ3n) is 8.85. The number of likely N-dealkylation sites (tertiary alicyclic amines) is 2. The Balaban J connectivity index is 1.23. The Morgan fingerprint density at radius 3 is 2.34 bits per heavy atom. The molecule has 0 radical (unpaired) electrons. The van der Waals surface area contributed by atoms with Gasteiger partial charge in [0.25, 0.3) is 5.91 Å². The van der Waals surface area contributed by atoms with E-state index >= 15 is 0 Å². The maximum atomic E-state index is 13.7. The van der Waals surface area contributed by atoms with E-state index < -0.39 is 16.3 Å². The summed E-state index contributed by atoms with van der Waals surface area (Å²) in [7, 11) is -2.36. The third-order valence-corrected chi connectivity index (χ3v) is 10.8. The molecule has 0 aliphatic carbocycles. The summed E-state index contributed by atoms with van der Waals surface area (Å²) >= 11 is 0. The number of allylic oxidation sites excluding steroid dienone is 1. The first-order valence-corrected chi connectivity index (χ1v) is 17.2. The third kappa shape index (κ3) is 8.00. The van der Waals surface area contributed by atoms with Crippen LogP contribution < -0.4 is 4.74 Å². The molecule has 0 bridgehead atoms. The lowest BCUT2D eigenvalue weighted by molar-refractivity contribution is -0.153. The number of methoxy groups -OCH3 is 1. The minimum absolute atomic E-state index is 0.0157. The summed E-state index contributed by atoms with van der Waals surface area (Å²) in [5.41, 5.74) is 1.06. The smallest absolute Gasteiger partial charge is 0.288 e. The van der Waals surface area contributed by atoms with Crippen molar-refractivity contribution in [3.8, 4) is 5.75 Å². The molecular weight excluding hydrogens is 582 g/mol. The molecule has 2 aromatic carbocycles. The van der Waals surface area contributed by atoms with Crippen molar-refractivity contribution in [1.29, 1.82) is 0 Å². The lowest BCUT2D eigenvalue weighted by Gasteiger charge is -2.40. The SMILES string of the molecule is COc1ccc(S(=O)(=O)N(CCO)CCOC2CC(c3ccccc3)C=C(C(=O)N3CCC(N4CCCCC4)CC3)O2)cc1. The van der Waals surface area contributed by atoms with Gasteiger partial charge in [0.15, 0.2) is 5.76 Å². The van der Waals surface area contributed by atoms with Gasteiger partial charge in [0.2, 0.25) is 16.3 Å². The molecule has 11 heteroatoms. The van der Waals surface area contributed by atoms with Crippen LogP contribution in [0.3, 0.4) is 0 Å². The molecule has 5 rings (SSSR count). The standard InChI is InChI=1S/C33H45N3O7S/c1-41-29-10-12-30(13-11-29)44(39,40)36(20-22-37)21-23-42-32-25-27(26-8-4-2-5-9-26)24-31(43-32)33(38)35-18-14-28(15-19-35)34-16-6-3-7-17-34/h2,4-5,8-13,24,27-28,32,37H,3,6-7,14-23,25H2,1H3. The van der Waals surface area contributed by atoms with Crippen molar-refractivity contribution in [2.45, 2.75) is 61.7 Å². The Bertz CT molecular complexity index is 1340. The molecule has 0 aromatic heterocycles. The molecule has 3 aliphatic heterocycles. The number of hydrogen-bond acceptors (Lipinski definition) is 8. The summed E-state index contributed by atoms with van der Waals surface area (Å²) in [4.78, 5) is 18.3. The quantitative estimate of drug-likeness (QED) is 0.381. The summed E-state index contributed by atoms with van der Waals surface area (Å²) in [6.45, 7) is 3.34. The number of hydrogen-bond donors (Lipinski definition) is 1. The average molecular weight is 628 g/mol. The van der Waals surface area contributed by atoms with Crippen molar-refractivity contribution in [3.63, 3.8) is 0 Å². The molecule has 1 N–H and O–H groups in total. The molecule has 2 saturated heterocycles. The topological polar surface area (TPSA) is 109 Å². The molecule has 10 nitrogen and oxygen atoms in total. The predicted octanol–water partition coefficient (Wildman–Crippen LogP) is 3.59. The van der Waals surface area contributed by atoms with E-state index in [0.29, 0.717) is 31.3 Å². The van der Waals surface area contributed by atoms with Gasteiger partial charge in [-0.15, -0.1) is 0 Å². The molecule has 2 unspecified atom stereocenters. The summed E-state index contributed by atoms with van der Waals surface area (Å²) in [5.74, 6) is 0.620. The van der Waals surface area contributed by atoms with Crippen LogP contribution in [0.15, 0.2) is 71.3 Å². The van der Waals surface area contributed by atoms with E-state index in [0.717, 1.165) is 31.5 Å². The highest BCUT2D eigenvalue weighted by molar-refractivity contribution is 7.89. The van der Waals surface area contributed by atoms with Crippen LogP contribution >= 0.6 is 0 Å². The molecule has 1 amide bonds. The number of carbonyl (C=O) groups excluding carboxylic acids is 1. The van der Waals surface area contributed by atoms with Crippen LogP contribution in [0.2, 0.25) is 0 Å². The van der Waals surface area contributed by atoms with Crippen LogP contribution in [0, 0.1) is 0 Å². The van der Waals surface area contributed by atoms with Gasteiger partial charge in [-0.05, 0) is 74.7 Å². The Morgan fingerprint density at radius 2 is 1.68 bits per heavy atom. The highest BCUT2D eigenvalue weighted by Gasteiger charge is 2.34. The largest absolute Gasteiger partial charge is 0.497 e. The van der Waals surface area contributed by atoms with Gasteiger partial charge in [-0.25, -0.2) is 8.42 Å². The lowest BCUT2D eigenvalue weighted by atomic mass is 9.92. The van der Waals surface area contributed by atoms with Gasteiger partial charge in [-0.3, -0.25) is 4.79 Å². The molecule has 240 valence electrons. The normalized spacial score (nSPS) is 22.0. The zero-order valence-electron chi connectivity index (χ0n) is 25.6. The number of aliphatic hydroxyl groups is 1. The highest BCUT2D eigenvalue weighted by atomic mass is 32.2. The Labute approximate surface area is 261 Å². The first-order valence-electron chi connectivity index (χ1n) is 15.7. The maximum absolute atomic E-state index is 13.7. The van der Waals surface area contributed by atoms with Crippen molar-refractivity contribution in [3.05, 3.63) is 72.0 Å². The average Bonchev–Trinajstić information content (AvgIpc) is 3.08. The van der Waals surface area contributed by atoms with Gasteiger partial charge in [-0.1, -0.05) is 36.8 Å². The second kappa shape index (κ2) is 15.4. The van der Waals surface area contributed by atoms with E-state index in [1.807, 2.05) is 41.3 Å². The molecular formula is C33H45N3O7S. The number of carbonyl (C=O) groups is 1. The number of aliphatic hydroxyl groups excluding tert-OH is 1. The Kier molecular flexibility index (Phi) is 11.3. The molecule has 3 heterocycles. The molecule has 44 heavy (non-hydrogen) atoms. The summed E-state index contributed by atoms with van der Waals surface area (Å²) in [5, 5.41) is 9.60. The Morgan fingerprint density at radius 1 is 0.977 bits per heavy atom. The predicted molar refractivity (Wildman–Crippen MR) is 167 cm³/mol. The van der Waals surface area contributed by atoms with Crippen molar-refractivity contribution in [1.82, 2.24) is 14.1 Å². The number of piperidine rings is 2. The molecule has 2 fully saturated rings. The van der Waals surface area contributed by atoms with E-state index in [-0.39, 0.29) is 48.8 Å². The number of benzene rings is 2. The number of rotatable bonds is 12. The molecule has 3 aliphatic rings. The molecule has 0 spiro atoms. The maximum Gasteiger partial charge on any atom is 0.288 e. The van der Waals surface area contributed by atoms with E-state index in [4.69, 9.17) is 14.2 Å². The zero-order valence-corrected chi connectivity index (χ0v) is 26.4. The van der Waals surface area contributed by atoms with Gasteiger partial charge in [0.05, 0.1) is 25.2 Å². The number of ether oxygens (including phenoxy) is 3. The van der Waals surface area contributed by atoms with Crippen LogP contribution in [-0.2, 0) is 24.3 Å². The Hall–Kier alpha value is -2.96. The second-order valence-electron chi connectivity index (χ2n) is 11.6. The minimum Gasteiger partial charge on any atom is -0.497 e. The minimum atomic E-state index is -3.88. The number of nitrogens with zero attached hydrogens (tertiary/aromatic N) is 3. The fourth-order valence-corrected chi connectivity index (χ4v) is 7.78. The van der Waals surface area contributed by atoms with E-state index in [1.54, 1.807) is 12.1 Å². The van der Waals surface area contributed by atoms with Gasteiger partial charge >= 0.3 is 0 Å². The number of sulfonamides is 1. The summed E-state index contributed by atoms with van der Waals surface area (Å²) in [6, 6.07) is 16.6. The highest BCUT2D eigenvalue weighted by Crippen LogP contribution is 2.33. The van der Waals surface area contributed by atoms with Crippen LogP contribution in [0.1, 0.15) is 50.0 Å². The van der Waals surface area contributed by atoms with Crippen LogP contribution in [0.25, 0.3) is 0 Å². The summed E-state index contributed by atoms with van der Waals surface area (Å²) < 4.78 is 45.2. The van der Waals surface area contributed by atoms with E-state index in [1.165, 1.54) is 42.8 Å². The van der Waals surface area contributed by atoms with Gasteiger partial charge in [-0.2, -0.15) is 4.31 Å². The summed E-state index contributed by atoms with van der Waals surface area (Å²) in [6.07, 6.45) is 7.41. The van der Waals surface area contributed by atoms with E-state index in [9.17, 15) is 18.3 Å². The van der Waals surface area contributed by atoms with Gasteiger partial charge < -0.3 is 29.1 Å². The molecule has 2 aromatic rings. The van der Waals surface area contributed by atoms with E-state index in [2.05, 4.69) is 4.90 Å². The first-order chi connectivity index (χ1) is 21.4. The molecule has 0 saturated carbocycles. The second-order valence-corrected chi connectivity index (χ2v) is 13.6. The fraction of sp³-hybridized carbons (Fsp3) is 0.545. The van der Waals surface area contributed by atoms with Crippen molar-refractivity contribution >= 4 is 15.9 Å². The van der Waals surface area contributed by atoms with Crippen LogP contribution in [0.4, 0.5) is 0 Å². The first kappa shape index (κ1) is 32.4. The number of amides is 1. The fourth-order valence-electron chi connectivity index (χ4n) is 6.36. The van der Waals surface area contributed by atoms with Crippen LogP contribution in [0.5, 0.6) is 5.75 Å². The zero-order chi connectivity index (χ0) is 30.9. The van der Waals surface area contributed by atoms with Crippen molar-refractivity contribution in [2.24, 2.45) is 0 Å².